The summed E-state index contributed by atoms with van der Waals surface area (Å²) in [6.45, 7) is 1.63. The Bertz CT molecular complexity index is 1240. The standard InChI is InChI=1S/C26H24BrN3O5/c1-14-5-3-4-6-19(14)29-21(31)13-35-24-17(10-18(27)11-20(24)34-2)12-28-30-25(32)22-15-7-8-16(9-15)23(22)26(30)33/h3-8,10-12,15-16,22-23H,9,13H2,1-2H3,(H,29,31)/t15-,16-,22-,23+/m0/s1. The first-order valence-electron chi connectivity index (χ1n) is 11.3. The molecular weight excluding hydrogens is 514 g/mol. The summed E-state index contributed by atoms with van der Waals surface area (Å²) in [5, 5.41) is 8.04. The van der Waals surface area contributed by atoms with E-state index in [4.69, 9.17) is 9.47 Å². The molecule has 3 aliphatic rings. The molecule has 9 heteroatoms. The van der Waals surface area contributed by atoms with Gasteiger partial charge in [0, 0.05) is 15.7 Å². The Hall–Kier alpha value is -3.46. The number of imide groups is 1. The number of allylic oxidation sites excluding steroid dienone is 2. The average molecular weight is 538 g/mol. The number of ether oxygens (including phenoxy) is 2. The summed E-state index contributed by atoms with van der Waals surface area (Å²) in [6.07, 6.45) is 6.33. The van der Waals surface area contributed by atoms with Gasteiger partial charge in [-0.05, 0) is 48.9 Å². The second kappa shape index (κ2) is 9.30. The van der Waals surface area contributed by atoms with E-state index in [1.54, 1.807) is 12.1 Å². The quantitative estimate of drug-likeness (QED) is 0.328. The summed E-state index contributed by atoms with van der Waals surface area (Å²) in [6, 6.07) is 10.9. The molecular formula is C26H24BrN3O5. The molecule has 0 unspecified atom stereocenters. The Morgan fingerprint density at radius 3 is 2.51 bits per heavy atom. The molecule has 1 aliphatic heterocycles. The summed E-state index contributed by atoms with van der Waals surface area (Å²) in [5.74, 6) is -0.655. The van der Waals surface area contributed by atoms with Crippen molar-refractivity contribution < 1.29 is 23.9 Å². The van der Waals surface area contributed by atoms with Crippen molar-refractivity contribution in [3.63, 3.8) is 0 Å². The number of anilines is 1. The number of aryl methyl sites for hydroxylation is 1. The molecule has 180 valence electrons. The second-order valence-corrected chi connectivity index (χ2v) is 9.83. The molecule has 5 rings (SSSR count). The van der Waals surface area contributed by atoms with E-state index in [9.17, 15) is 14.4 Å². The van der Waals surface area contributed by atoms with Crippen LogP contribution in [0.2, 0.25) is 0 Å². The fourth-order valence-electron chi connectivity index (χ4n) is 5.15. The van der Waals surface area contributed by atoms with E-state index in [1.807, 2.05) is 43.3 Å². The highest BCUT2D eigenvalue weighted by molar-refractivity contribution is 9.10. The van der Waals surface area contributed by atoms with E-state index in [2.05, 4.69) is 26.3 Å². The molecule has 1 saturated carbocycles. The van der Waals surface area contributed by atoms with Crippen LogP contribution in [-0.2, 0) is 14.4 Å². The number of methoxy groups -OCH3 is 1. The fourth-order valence-corrected chi connectivity index (χ4v) is 5.60. The lowest BCUT2D eigenvalue weighted by atomic mass is 9.85. The van der Waals surface area contributed by atoms with Gasteiger partial charge < -0.3 is 14.8 Å². The predicted molar refractivity (Wildman–Crippen MR) is 133 cm³/mol. The van der Waals surface area contributed by atoms with Crippen molar-refractivity contribution in [1.29, 1.82) is 0 Å². The normalized spacial score (nSPS) is 24.4. The molecule has 2 fully saturated rings. The molecule has 8 nitrogen and oxygen atoms in total. The van der Waals surface area contributed by atoms with Gasteiger partial charge in [-0.15, -0.1) is 0 Å². The molecule has 1 saturated heterocycles. The molecule has 0 aromatic heterocycles. The monoisotopic (exact) mass is 537 g/mol. The second-order valence-electron chi connectivity index (χ2n) is 8.91. The lowest BCUT2D eigenvalue weighted by Crippen LogP contribution is -2.28. The zero-order valence-electron chi connectivity index (χ0n) is 19.2. The van der Waals surface area contributed by atoms with Crippen molar-refractivity contribution >= 4 is 45.6 Å². The van der Waals surface area contributed by atoms with E-state index in [0.29, 0.717) is 21.5 Å². The SMILES string of the molecule is COc1cc(Br)cc(C=NN2C(=O)[C@@H]3[C@H](C2=O)[C@H]2C=C[C@H]3C2)c1OCC(=O)Nc1ccccc1C. The van der Waals surface area contributed by atoms with E-state index in [-0.39, 0.29) is 53.7 Å². The van der Waals surface area contributed by atoms with Gasteiger partial charge in [0.05, 0.1) is 25.2 Å². The van der Waals surface area contributed by atoms with Crippen molar-refractivity contribution in [3.05, 3.63) is 64.1 Å². The maximum absolute atomic E-state index is 12.9. The smallest absolute Gasteiger partial charge is 0.262 e. The molecule has 1 N–H and O–H groups in total. The van der Waals surface area contributed by atoms with Crippen LogP contribution in [0, 0.1) is 30.6 Å². The van der Waals surface area contributed by atoms with Crippen LogP contribution in [-0.4, -0.2) is 42.7 Å². The maximum Gasteiger partial charge on any atom is 0.262 e. The van der Waals surface area contributed by atoms with Gasteiger partial charge in [0.15, 0.2) is 18.1 Å². The van der Waals surface area contributed by atoms with Crippen LogP contribution < -0.4 is 14.8 Å². The number of hydrazone groups is 1. The van der Waals surface area contributed by atoms with E-state index in [1.165, 1.54) is 13.3 Å². The molecule has 3 amide bonds. The van der Waals surface area contributed by atoms with Gasteiger partial charge in [0.2, 0.25) is 0 Å². The molecule has 0 radical (unpaired) electrons. The molecule has 2 aromatic rings. The summed E-state index contributed by atoms with van der Waals surface area (Å²) in [5.41, 5.74) is 2.09. The van der Waals surface area contributed by atoms with Gasteiger partial charge in [-0.1, -0.05) is 46.3 Å². The molecule has 0 spiro atoms. The van der Waals surface area contributed by atoms with Crippen LogP contribution in [0.25, 0.3) is 0 Å². The van der Waals surface area contributed by atoms with Crippen molar-refractivity contribution in [1.82, 2.24) is 5.01 Å². The number of hydrogen-bond acceptors (Lipinski definition) is 6. The Morgan fingerprint density at radius 2 is 1.86 bits per heavy atom. The van der Waals surface area contributed by atoms with Crippen LogP contribution in [0.15, 0.2) is 58.1 Å². The Morgan fingerprint density at radius 1 is 1.17 bits per heavy atom. The number of para-hydroxylation sites is 1. The minimum atomic E-state index is -0.340. The van der Waals surface area contributed by atoms with Gasteiger partial charge in [0.1, 0.15) is 0 Å². The molecule has 2 bridgehead atoms. The summed E-state index contributed by atoms with van der Waals surface area (Å²) < 4.78 is 12.0. The number of nitrogens with zero attached hydrogens (tertiary/aromatic N) is 2. The molecule has 35 heavy (non-hydrogen) atoms. The average Bonchev–Trinajstić information content (AvgIpc) is 3.52. The number of fused-ring (bicyclic) bond motifs is 5. The maximum atomic E-state index is 12.9. The predicted octanol–water partition coefficient (Wildman–Crippen LogP) is 3.92. The van der Waals surface area contributed by atoms with Gasteiger partial charge in [-0.25, -0.2) is 0 Å². The van der Waals surface area contributed by atoms with Gasteiger partial charge >= 0.3 is 0 Å². The summed E-state index contributed by atoms with van der Waals surface area (Å²) in [7, 11) is 1.49. The van der Waals surface area contributed by atoms with Crippen LogP contribution in [0.3, 0.4) is 0 Å². The highest BCUT2D eigenvalue weighted by Crippen LogP contribution is 2.52. The third-order valence-corrected chi connectivity index (χ3v) is 7.25. The number of hydrogen-bond donors (Lipinski definition) is 1. The summed E-state index contributed by atoms with van der Waals surface area (Å²) >= 11 is 3.43. The third kappa shape index (κ3) is 4.25. The topological polar surface area (TPSA) is 97.3 Å². The minimum Gasteiger partial charge on any atom is -0.493 e. The van der Waals surface area contributed by atoms with Crippen LogP contribution in [0.4, 0.5) is 5.69 Å². The number of benzene rings is 2. The molecule has 2 aliphatic carbocycles. The number of rotatable bonds is 7. The lowest BCUT2D eigenvalue weighted by Gasteiger charge is -2.15. The Balaban J connectivity index is 1.35. The number of halogens is 1. The number of carbonyl (C=O) groups is 3. The first-order valence-corrected chi connectivity index (χ1v) is 12.1. The van der Waals surface area contributed by atoms with Crippen molar-refractivity contribution in [2.45, 2.75) is 13.3 Å². The van der Waals surface area contributed by atoms with Gasteiger partial charge in [0.25, 0.3) is 17.7 Å². The van der Waals surface area contributed by atoms with Crippen LogP contribution in [0.1, 0.15) is 17.5 Å². The third-order valence-electron chi connectivity index (χ3n) is 6.79. The first-order chi connectivity index (χ1) is 16.9. The minimum absolute atomic E-state index is 0.110. The number of carbonyl (C=O) groups excluding carboxylic acids is 3. The zero-order valence-corrected chi connectivity index (χ0v) is 20.8. The molecule has 4 atom stereocenters. The first kappa shape index (κ1) is 23.3. The Labute approximate surface area is 211 Å². The van der Waals surface area contributed by atoms with Gasteiger partial charge in [-0.2, -0.15) is 10.1 Å². The number of amides is 3. The van der Waals surface area contributed by atoms with E-state index in [0.717, 1.165) is 17.0 Å². The van der Waals surface area contributed by atoms with Crippen LogP contribution in [0.5, 0.6) is 11.5 Å². The highest BCUT2D eigenvalue weighted by Gasteiger charge is 2.59. The van der Waals surface area contributed by atoms with Crippen molar-refractivity contribution in [2.75, 3.05) is 19.0 Å². The highest BCUT2D eigenvalue weighted by atomic mass is 79.9. The lowest BCUT2D eigenvalue weighted by molar-refractivity contribution is -0.140. The van der Waals surface area contributed by atoms with E-state index >= 15 is 0 Å². The number of nitrogens with one attached hydrogen (secondary N) is 1. The largest absolute Gasteiger partial charge is 0.493 e. The van der Waals surface area contributed by atoms with Crippen molar-refractivity contribution in [3.8, 4) is 11.5 Å². The summed E-state index contributed by atoms with van der Waals surface area (Å²) in [4.78, 5) is 38.4. The molecule has 2 aromatic carbocycles. The van der Waals surface area contributed by atoms with Crippen LogP contribution >= 0.6 is 15.9 Å². The van der Waals surface area contributed by atoms with Gasteiger partial charge in [-0.3, -0.25) is 14.4 Å². The fraction of sp³-hybridized carbons (Fsp3) is 0.308. The van der Waals surface area contributed by atoms with E-state index < -0.39 is 0 Å². The zero-order chi connectivity index (χ0) is 24.7. The van der Waals surface area contributed by atoms with Crippen molar-refractivity contribution in [2.24, 2.45) is 28.8 Å². The molecule has 1 heterocycles. The Kier molecular flexibility index (Phi) is 6.19.